The third kappa shape index (κ3) is 2.83. The number of nitrogens with one attached hydrogen (secondary N) is 1. The van der Waals surface area contributed by atoms with Crippen LogP contribution in [-0.2, 0) is 15.8 Å². The van der Waals surface area contributed by atoms with Gasteiger partial charge in [-0.3, -0.25) is 14.5 Å². The zero-order valence-electron chi connectivity index (χ0n) is 9.69. The molecule has 0 bridgehead atoms. The van der Waals surface area contributed by atoms with Gasteiger partial charge in [-0.1, -0.05) is 0 Å². The van der Waals surface area contributed by atoms with Gasteiger partial charge in [-0.25, -0.2) is 0 Å². The standard InChI is InChI=1S/C9H9F3N4O2S/c1-16-5(17)3-2-4(6(16)18)13-8-14-7(15-19-8)9(10,11)12/h4H,2-3H2,1H3,(H,13,14,15). The van der Waals surface area contributed by atoms with Crippen molar-refractivity contribution in [2.75, 3.05) is 12.4 Å². The largest absolute Gasteiger partial charge is 0.452 e. The van der Waals surface area contributed by atoms with Crippen molar-refractivity contribution in [1.82, 2.24) is 14.3 Å². The summed E-state index contributed by atoms with van der Waals surface area (Å²) in [5.41, 5.74) is 0. The van der Waals surface area contributed by atoms with Gasteiger partial charge in [-0.05, 0) is 6.42 Å². The summed E-state index contributed by atoms with van der Waals surface area (Å²) in [5.74, 6) is -2.04. The highest BCUT2D eigenvalue weighted by Gasteiger charge is 2.37. The van der Waals surface area contributed by atoms with Crippen molar-refractivity contribution < 1.29 is 22.8 Å². The summed E-state index contributed by atoms with van der Waals surface area (Å²) in [4.78, 5) is 27.2. The van der Waals surface area contributed by atoms with E-state index in [4.69, 9.17) is 0 Å². The van der Waals surface area contributed by atoms with Gasteiger partial charge in [0.05, 0.1) is 0 Å². The van der Waals surface area contributed by atoms with Crippen molar-refractivity contribution in [3.8, 4) is 0 Å². The molecule has 2 rings (SSSR count). The second-order valence-electron chi connectivity index (χ2n) is 3.95. The maximum Gasteiger partial charge on any atom is 0.452 e. The second-order valence-corrected chi connectivity index (χ2v) is 4.70. The number of imide groups is 1. The molecule has 2 heterocycles. The van der Waals surface area contributed by atoms with Crippen LogP contribution in [-0.4, -0.2) is 39.2 Å². The van der Waals surface area contributed by atoms with Crippen molar-refractivity contribution in [2.45, 2.75) is 25.1 Å². The number of halogens is 3. The van der Waals surface area contributed by atoms with Gasteiger partial charge in [-0.15, -0.1) is 0 Å². The van der Waals surface area contributed by atoms with E-state index in [9.17, 15) is 22.8 Å². The van der Waals surface area contributed by atoms with Crippen molar-refractivity contribution in [1.29, 1.82) is 0 Å². The number of alkyl halides is 3. The minimum absolute atomic E-state index is 0.0894. The summed E-state index contributed by atoms with van der Waals surface area (Å²) in [5, 5.41) is 2.49. The Hall–Kier alpha value is -1.71. The Kier molecular flexibility index (Phi) is 3.43. The number of carbonyl (C=O) groups is 2. The number of aromatic nitrogens is 2. The Morgan fingerprint density at radius 1 is 1.42 bits per heavy atom. The van der Waals surface area contributed by atoms with Gasteiger partial charge < -0.3 is 5.32 Å². The lowest BCUT2D eigenvalue weighted by Gasteiger charge is -2.27. The smallest absolute Gasteiger partial charge is 0.348 e. The van der Waals surface area contributed by atoms with Gasteiger partial charge in [0.2, 0.25) is 16.9 Å². The molecule has 0 spiro atoms. The van der Waals surface area contributed by atoms with Crippen LogP contribution in [0.4, 0.5) is 18.3 Å². The highest BCUT2D eigenvalue weighted by molar-refractivity contribution is 7.09. The van der Waals surface area contributed by atoms with Crippen LogP contribution < -0.4 is 5.32 Å². The van der Waals surface area contributed by atoms with Crippen molar-refractivity contribution in [3.05, 3.63) is 5.82 Å². The lowest BCUT2D eigenvalue weighted by atomic mass is 10.1. The minimum atomic E-state index is -4.61. The van der Waals surface area contributed by atoms with Gasteiger partial charge >= 0.3 is 6.18 Å². The van der Waals surface area contributed by atoms with Crippen LogP contribution in [0.3, 0.4) is 0 Å². The number of piperidine rings is 1. The third-order valence-electron chi connectivity index (χ3n) is 2.63. The fraction of sp³-hybridized carbons (Fsp3) is 0.556. The van der Waals surface area contributed by atoms with E-state index >= 15 is 0 Å². The molecule has 1 aliphatic heterocycles. The van der Waals surface area contributed by atoms with E-state index in [-0.39, 0.29) is 23.9 Å². The molecule has 1 aromatic rings. The number of amides is 2. The average Bonchev–Trinajstić information content (AvgIpc) is 2.78. The normalized spacial score (nSPS) is 20.8. The maximum absolute atomic E-state index is 12.3. The zero-order valence-corrected chi connectivity index (χ0v) is 10.5. The number of rotatable bonds is 2. The summed E-state index contributed by atoms with van der Waals surface area (Å²) >= 11 is 0.526. The van der Waals surface area contributed by atoms with Crippen LogP contribution in [0.25, 0.3) is 0 Å². The topological polar surface area (TPSA) is 75.2 Å². The van der Waals surface area contributed by atoms with E-state index in [1.165, 1.54) is 7.05 Å². The number of anilines is 1. The Balaban J connectivity index is 2.07. The highest BCUT2D eigenvalue weighted by Crippen LogP contribution is 2.29. The first-order valence-corrected chi connectivity index (χ1v) is 6.04. The Labute approximate surface area is 109 Å². The zero-order chi connectivity index (χ0) is 14.2. The molecule has 10 heteroatoms. The number of likely N-dealkylation sites (tertiary alicyclic amines) is 1. The van der Waals surface area contributed by atoms with Crippen LogP contribution in [0.2, 0.25) is 0 Å². The number of likely N-dealkylation sites (N-methyl/N-ethyl adjacent to an activating group) is 1. The van der Waals surface area contributed by atoms with Crippen LogP contribution in [0, 0.1) is 0 Å². The predicted octanol–water partition coefficient (Wildman–Crippen LogP) is 1.12. The molecule has 104 valence electrons. The summed E-state index contributed by atoms with van der Waals surface area (Å²) in [7, 11) is 1.33. The van der Waals surface area contributed by atoms with Gasteiger partial charge in [0.15, 0.2) is 0 Å². The van der Waals surface area contributed by atoms with Gasteiger partial charge in [0, 0.05) is 25.0 Å². The first-order valence-electron chi connectivity index (χ1n) is 5.27. The quantitative estimate of drug-likeness (QED) is 0.827. The highest BCUT2D eigenvalue weighted by atomic mass is 32.1. The molecule has 1 N–H and O–H groups in total. The molecule has 1 unspecified atom stereocenters. The molecule has 2 amide bonds. The van der Waals surface area contributed by atoms with E-state index in [2.05, 4.69) is 14.7 Å². The maximum atomic E-state index is 12.3. The lowest BCUT2D eigenvalue weighted by molar-refractivity contribution is -0.147. The summed E-state index contributed by atoms with van der Waals surface area (Å²) < 4.78 is 40.1. The molecular formula is C9H9F3N4O2S. The van der Waals surface area contributed by atoms with Crippen molar-refractivity contribution in [2.24, 2.45) is 0 Å². The van der Waals surface area contributed by atoms with Gasteiger partial charge in [-0.2, -0.15) is 22.5 Å². The van der Waals surface area contributed by atoms with E-state index in [1.54, 1.807) is 0 Å². The van der Waals surface area contributed by atoms with Crippen LogP contribution in [0.1, 0.15) is 18.7 Å². The van der Waals surface area contributed by atoms with Crippen molar-refractivity contribution in [3.63, 3.8) is 0 Å². The molecule has 0 aliphatic carbocycles. The molecule has 1 atom stereocenters. The molecule has 0 saturated carbocycles. The molecule has 1 aromatic heterocycles. The van der Waals surface area contributed by atoms with Crippen LogP contribution in [0.5, 0.6) is 0 Å². The lowest BCUT2D eigenvalue weighted by Crippen LogP contribution is -2.48. The van der Waals surface area contributed by atoms with Gasteiger partial charge in [0.25, 0.3) is 5.91 Å². The fourth-order valence-electron chi connectivity index (χ4n) is 1.60. The van der Waals surface area contributed by atoms with Crippen LogP contribution >= 0.6 is 11.5 Å². The molecule has 19 heavy (non-hydrogen) atoms. The predicted molar refractivity (Wildman–Crippen MR) is 59.3 cm³/mol. The second kappa shape index (κ2) is 4.76. The Morgan fingerprint density at radius 2 is 2.11 bits per heavy atom. The van der Waals surface area contributed by atoms with E-state index in [0.717, 1.165) is 4.90 Å². The van der Waals surface area contributed by atoms with Gasteiger partial charge in [0.1, 0.15) is 6.04 Å². The summed E-state index contributed by atoms with van der Waals surface area (Å²) in [6, 6.07) is -0.753. The number of nitrogens with zero attached hydrogens (tertiary/aromatic N) is 3. The summed E-state index contributed by atoms with van der Waals surface area (Å²) in [6.45, 7) is 0. The molecule has 0 aromatic carbocycles. The first-order chi connectivity index (χ1) is 8.79. The summed E-state index contributed by atoms with van der Waals surface area (Å²) in [6.07, 6.45) is -4.23. The number of hydrogen-bond donors (Lipinski definition) is 1. The third-order valence-corrected chi connectivity index (χ3v) is 3.27. The molecule has 0 radical (unpaired) electrons. The first kappa shape index (κ1) is 13.7. The SMILES string of the molecule is CN1C(=O)CCC(Nc2nc(C(F)(F)F)ns2)C1=O. The fourth-order valence-corrected chi connectivity index (χ4v) is 2.24. The average molecular weight is 294 g/mol. The number of hydrogen-bond acceptors (Lipinski definition) is 6. The van der Waals surface area contributed by atoms with E-state index in [0.29, 0.717) is 11.5 Å². The Bertz CT molecular complexity index is 516. The number of carbonyl (C=O) groups excluding carboxylic acids is 2. The van der Waals surface area contributed by atoms with Crippen LogP contribution in [0.15, 0.2) is 0 Å². The Morgan fingerprint density at radius 3 is 2.68 bits per heavy atom. The van der Waals surface area contributed by atoms with E-state index in [1.807, 2.05) is 0 Å². The minimum Gasteiger partial charge on any atom is -0.348 e. The molecule has 6 nitrogen and oxygen atoms in total. The van der Waals surface area contributed by atoms with E-state index < -0.39 is 23.9 Å². The molecule has 1 saturated heterocycles. The molecule has 1 aliphatic rings. The van der Waals surface area contributed by atoms with Crippen molar-refractivity contribution >= 4 is 28.5 Å². The molecular weight excluding hydrogens is 285 g/mol. The monoisotopic (exact) mass is 294 g/mol. The molecule has 1 fully saturated rings.